The second kappa shape index (κ2) is 3.19. The van der Waals surface area contributed by atoms with Gasteiger partial charge < -0.3 is 0 Å². The van der Waals surface area contributed by atoms with Crippen molar-refractivity contribution in [2.24, 2.45) is 0 Å². The van der Waals surface area contributed by atoms with Gasteiger partial charge in [-0.25, -0.2) is 8.78 Å². The van der Waals surface area contributed by atoms with E-state index in [-0.39, 0.29) is 3.57 Å². The molecule has 0 radical (unpaired) electrons. The third-order valence-electron chi connectivity index (χ3n) is 1.20. The van der Waals surface area contributed by atoms with E-state index < -0.39 is 18.0 Å². The van der Waals surface area contributed by atoms with E-state index in [2.05, 4.69) is 5.10 Å². The van der Waals surface area contributed by atoms with Gasteiger partial charge in [0.15, 0.2) is 0 Å². The average Bonchev–Trinajstić information content (AvgIpc) is 2.35. The summed E-state index contributed by atoms with van der Waals surface area (Å²) in [6.45, 7) is 0. The van der Waals surface area contributed by atoms with Crippen LogP contribution in [0.15, 0.2) is 6.20 Å². The van der Waals surface area contributed by atoms with Crippen molar-refractivity contribution in [3.8, 4) is 0 Å². The Morgan fingerprint density at radius 1 is 1.50 bits per heavy atom. The fourth-order valence-electron chi connectivity index (χ4n) is 0.614. The average molecular weight is 294 g/mol. The molecule has 0 saturated carbocycles. The van der Waals surface area contributed by atoms with E-state index in [1.807, 2.05) is 5.10 Å². The molecule has 1 rings (SSSR count). The Morgan fingerprint density at radius 3 is 2.42 bits per heavy atom. The minimum Gasteiger partial charge on any atom is -0.275 e. The number of aromatic amines is 1. The minimum absolute atomic E-state index is 0.00194. The van der Waals surface area contributed by atoms with Gasteiger partial charge in [0.2, 0.25) is 0 Å². The summed E-state index contributed by atoms with van der Waals surface area (Å²) in [7, 11) is 0. The highest BCUT2D eigenvalue weighted by molar-refractivity contribution is 14.1. The number of nitrogens with one attached hydrogen (secondary N) is 1. The molecule has 0 aliphatic carbocycles. The third-order valence-corrected chi connectivity index (χ3v) is 2.02. The molecule has 0 amide bonds. The lowest BCUT2D eigenvalue weighted by Crippen LogP contribution is -2.25. The van der Waals surface area contributed by atoms with E-state index in [9.17, 15) is 17.6 Å². The summed E-state index contributed by atoms with van der Waals surface area (Å²) < 4.78 is 48.6. The fourth-order valence-corrected chi connectivity index (χ4v) is 1.23. The number of hydrogen-bond donors (Lipinski definition) is 1. The quantitative estimate of drug-likeness (QED) is 0.658. The van der Waals surface area contributed by atoms with E-state index in [1.54, 1.807) is 0 Å². The molecule has 0 aromatic carbocycles. The lowest BCUT2D eigenvalue weighted by Gasteiger charge is -2.12. The zero-order chi connectivity index (χ0) is 9.35. The highest BCUT2D eigenvalue weighted by atomic mass is 127. The van der Waals surface area contributed by atoms with Crippen molar-refractivity contribution in [1.29, 1.82) is 0 Å². The standard InChI is InChI=1S/C5H3F4IN2/c6-4(7)5(8,9)3-2(10)1-11-12-3/h1,4H,(H,11,12). The van der Waals surface area contributed by atoms with Crippen LogP contribution in [-0.2, 0) is 5.92 Å². The van der Waals surface area contributed by atoms with Crippen LogP contribution in [0.5, 0.6) is 0 Å². The monoisotopic (exact) mass is 294 g/mol. The summed E-state index contributed by atoms with van der Waals surface area (Å²) in [4.78, 5) is 0. The van der Waals surface area contributed by atoms with Crippen LogP contribution >= 0.6 is 22.6 Å². The molecule has 7 heteroatoms. The van der Waals surface area contributed by atoms with Crippen LogP contribution in [0.4, 0.5) is 17.6 Å². The maximum atomic E-state index is 12.5. The van der Waals surface area contributed by atoms with Crippen LogP contribution in [0, 0.1) is 3.57 Å². The molecule has 1 heterocycles. The molecule has 0 spiro atoms. The molecular formula is C5H3F4IN2. The van der Waals surface area contributed by atoms with Crippen LogP contribution in [0.25, 0.3) is 0 Å². The summed E-state index contributed by atoms with van der Waals surface area (Å²) in [6.07, 6.45) is -2.65. The first-order valence-electron chi connectivity index (χ1n) is 2.81. The van der Waals surface area contributed by atoms with Crippen LogP contribution in [0.1, 0.15) is 5.69 Å². The van der Waals surface area contributed by atoms with Crippen molar-refractivity contribution < 1.29 is 17.6 Å². The van der Waals surface area contributed by atoms with Crippen LogP contribution in [0.3, 0.4) is 0 Å². The van der Waals surface area contributed by atoms with Crippen LogP contribution in [0.2, 0.25) is 0 Å². The maximum absolute atomic E-state index is 12.5. The largest absolute Gasteiger partial charge is 0.349 e. The summed E-state index contributed by atoms with van der Waals surface area (Å²) in [5.74, 6) is -4.15. The zero-order valence-corrected chi connectivity index (χ0v) is 7.65. The lowest BCUT2D eigenvalue weighted by molar-refractivity contribution is -0.138. The van der Waals surface area contributed by atoms with Gasteiger partial charge in [0.05, 0.1) is 9.77 Å². The molecule has 0 aliphatic rings. The van der Waals surface area contributed by atoms with Gasteiger partial charge in [-0.15, -0.1) is 0 Å². The first kappa shape index (κ1) is 9.75. The smallest absolute Gasteiger partial charge is 0.275 e. The van der Waals surface area contributed by atoms with Crippen molar-refractivity contribution >= 4 is 22.6 Å². The number of nitrogens with zero attached hydrogens (tertiary/aromatic N) is 1. The summed E-state index contributed by atoms with van der Waals surface area (Å²) >= 11 is 1.51. The molecule has 68 valence electrons. The number of aromatic nitrogens is 2. The highest BCUT2D eigenvalue weighted by Gasteiger charge is 2.45. The van der Waals surface area contributed by atoms with E-state index in [0.29, 0.717) is 0 Å². The molecule has 1 aromatic heterocycles. The SMILES string of the molecule is FC(F)C(F)(F)c1[nH]ncc1I. The summed E-state index contributed by atoms with van der Waals surface area (Å²) in [5.41, 5.74) is -0.835. The molecule has 0 unspecified atom stereocenters. The van der Waals surface area contributed by atoms with Gasteiger partial charge in [-0.1, -0.05) is 0 Å². The summed E-state index contributed by atoms with van der Waals surface area (Å²) in [6, 6.07) is 0. The number of halogens is 5. The first-order chi connectivity index (χ1) is 5.46. The molecule has 0 atom stereocenters. The Hall–Kier alpha value is -0.340. The first-order valence-corrected chi connectivity index (χ1v) is 3.89. The van der Waals surface area contributed by atoms with Gasteiger partial charge in [0, 0.05) is 0 Å². The van der Waals surface area contributed by atoms with Crippen molar-refractivity contribution in [2.45, 2.75) is 12.3 Å². The fraction of sp³-hybridized carbons (Fsp3) is 0.400. The molecule has 1 aromatic rings. The Kier molecular flexibility index (Phi) is 2.59. The van der Waals surface area contributed by atoms with Gasteiger partial charge in [-0.3, -0.25) is 5.10 Å². The number of hydrogen-bond acceptors (Lipinski definition) is 1. The molecule has 2 nitrogen and oxygen atoms in total. The second-order valence-electron chi connectivity index (χ2n) is 2.02. The number of H-pyrrole nitrogens is 1. The van der Waals surface area contributed by atoms with Crippen molar-refractivity contribution in [3.63, 3.8) is 0 Å². The topological polar surface area (TPSA) is 28.7 Å². The van der Waals surface area contributed by atoms with E-state index in [1.165, 1.54) is 22.6 Å². The lowest BCUT2D eigenvalue weighted by atomic mass is 10.2. The number of alkyl halides is 4. The molecule has 0 bridgehead atoms. The maximum Gasteiger partial charge on any atom is 0.349 e. The molecule has 0 saturated heterocycles. The van der Waals surface area contributed by atoms with Crippen LogP contribution in [-0.4, -0.2) is 16.6 Å². The van der Waals surface area contributed by atoms with Gasteiger partial charge in [0.1, 0.15) is 5.69 Å². The Labute approximate surface area is 78.5 Å². The Balaban J connectivity index is 3.05. The van der Waals surface area contributed by atoms with Gasteiger partial charge >= 0.3 is 12.3 Å². The minimum atomic E-state index is -4.15. The predicted molar refractivity (Wildman–Crippen MR) is 41.2 cm³/mol. The Morgan fingerprint density at radius 2 is 2.08 bits per heavy atom. The third kappa shape index (κ3) is 1.54. The highest BCUT2D eigenvalue weighted by Crippen LogP contribution is 2.35. The Bertz CT molecular complexity index is 272. The number of rotatable bonds is 2. The van der Waals surface area contributed by atoms with Gasteiger partial charge in [0.25, 0.3) is 0 Å². The molecule has 0 aliphatic heterocycles. The van der Waals surface area contributed by atoms with E-state index in [0.717, 1.165) is 6.20 Å². The van der Waals surface area contributed by atoms with Gasteiger partial charge in [-0.2, -0.15) is 13.9 Å². The normalized spacial score (nSPS) is 12.5. The molecular weight excluding hydrogens is 291 g/mol. The van der Waals surface area contributed by atoms with E-state index >= 15 is 0 Å². The zero-order valence-electron chi connectivity index (χ0n) is 5.49. The van der Waals surface area contributed by atoms with E-state index in [4.69, 9.17) is 0 Å². The molecule has 1 N–H and O–H groups in total. The molecule has 12 heavy (non-hydrogen) atoms. The van der Waals surface area contributed by atoms with Crippen LogP contribution < -0.4 is 0 Å². The van der Waals surface area contributed by atoms with Gasteiger partial charge in [-0.05, 0) is 22.6 Å². The predicted octanol–water partition coefficient (Wildman–Crippen LogP) is 2.37. The van der Waals surface area contributed by atoms with Crippen molar-refractivity contribution in [3.05, 3.63) is 15.5 Å². The molecule has 0 fully saturated rings. The second-order valence-corrected chi connectivity index (χ2v) is 3.18. The van der Waals surface area contributed by atoms with Crippen molar-refractivity contribution in [2.75, 3.05) is 0 Å². The van der Waals surface area contributed by atoms with Crippen molar-refractivity contribution in [1.82, 2.24) is 10.2 Å². The summed E-state index contributed by atoms with van der Waals surface area (Å²) in [5, 5.41) is 5.06.